The molecular formula is C20H24BrNO. The fourth-order valence-electron chi connectivity index (χ4n) is 3.22. The minimum absolute atomic E-state index is 0.0617. The summed E-state index contributed by atoms with van der Waals surface area (Å²) in [5.41, 5.74) is 8.11. The van der Waals surface area contributed by atoms with Gasteiger partial charge in [-0.15, -0.1) is 0 Å². The Morgan fingerprint density at radius 3 is 1.87 bits per heavy atom. The molecule has 2 N–H and O–H groups in total. The molecule has 23 heavy (non-hydrogen) atoms. The summed E-state index contributed by atoms with van der Waals surface area (Å²) in [6, 6.07) is 20.5. The van der Waals surface area contributed by atoms with E-state index in [-0.39, 0.29) is 12.0 Å². The van der Waals surface area contributed by atoms with Gasteiger partial charge in [0.1, 0.15) is 5.60 Å². The predicted molar refractivity (Wildman–Crippen MR) is 100 cm³/mol. The van der Waals surface area contributed by atoms with E-state index in [1.54, 1.807) is 7.11 Å². The van der Waals surface area contributed by atoms with Crippen LogP contribution >= 0.6 is 15.9 Å². The molecule has 2 nitrogen and oxygen atoms in total. The van der Waals surface area contributed by atoms with Crippen molar-refractivity contribution >= 4 is 15.9 Å². The van der Waals surface area contributed by atoms with E-state index in [1.165, 1.54) is 0 Å². The van der Waals surface area contributed by atoms with Gasteiger partial charge < -0.3 is 10.5 Å². The van der Waals surface area contributed by atoms with Crippen LogP contribution in [0.4, 0.5) is 0 Å². The van der Waals surface area contributed by atoms with Gasteiger partial charge in [0.25, 0.3) is 0 Å². The first-order valence-electron chi connectivity index (χ1n) is 7.77. The van der Waals surface area contributed by atoms with Gasteiger partial charge in [-0.25, -0.2) is 0 Å². The SMILES string of the molecule is C=C(Br)CC(N)C(C)C(OC)(c1ccccc1)c1ccccc1. The van der Waals surface area contributed by atoms with E-state index in [1.807, 2.05) is 36.4 Å². The maximum absolute atomic E-state index is 6.48. The Morgan fingerprint density at radius 2 is 1.52 bits per heavy atom. The predicted octanol–water partition coefficient (Wildman–Crippen LogP) is 4.84. The quantitative estimate of drug-likeness (QED) is 0.753. The lowest BCUT2D eigenvalue weighted by Crippen LogP contribution is -2.46. The van der Waals surface area contributed by atoms with Crippen LogP contribution in [0.15, 0.2) is 71.7 Å². The molecule has 0 spiro atoms. The van der Waals surface area contributed by atoms with E-state index in [4.69, 9.17) is 10.5 Å². The maximum Gasteiger partial charge on any atom is 0.122 e. The smallest absolute Gasteiger partial charge is 0.122 e. The number of methoxy groups -OCH3 is 1. The largest absolute Gasteiger partial charge is 0.368 e. The summed E-state index contributed by atoms with van der Waals surface area (Å²) >= 11 is 3.43. The molecule has 0 aliphatic rings. The highest BCUT2D eigenvalue weighted by molar-refractivity contribution is 9.11. The Hall–Kier alpha value is -1.42. The summed E-state index contributed by atoms with van der Waals surface area (Å²) in [5.74, 6) is 0.0617. The van der Waals surface area contributed by atoms with Crippen LogP contribution in [0.25, 0.3) is 0 Å². The van der Waals surface area contributed by atoms with Crippen molar-refractivity contribution in [1.82, 2.24) is 0 Å². The molecule has 0 amide bonds. The highest BCUT2D eigenvalue weighted by atomic mass is 79.9. The van der Waals surface area contributed by atoms with Crippen molar-refractivity contribution in [2.24, 2.45) is 11.7 Å². The van der Waals surface area contributed by atoms with Crippen LogP contribution in [0.1, 0.15) is 24.5 Å². The van der Waals surface area contributed by atoms with E-state index in [2.05, 4.69) is 53.7 Å². The molecule has 2 unspecified atom stereocenters. The third-order valence-electron chi connectivity index (χ3n) is 4.47. The lowest BCUT2D eigenvalue weighted by molar-refractivity contribution is -0.0316. The number of ether oxygens (including phenoxy) is 1. The van der Waals surface area contributed by atoms with E-state index in [9.17, 15) is 0 Å². The van der Waals surface area contributed by atoms with E-state index in [0.29, 0.717) is 6.42 Å². The molecule has 0 fully saturated rings. The standard InChI is InChI=1S/C20H24BrNO/c1-15(21)14-19(22)16(2)20(23-3,17-10-6-4-7-11-17)18-12-8-5-9-13-18/h4-13,16,19H,1,14,22H2,2-3H3. The van der Waals surface area contributed by atoms with E-state index >= 15 is 0 Å². The molecule has 2 aromatic carbocycles. The topological polar surface area (TPSA) is 35.2 Å². The summed E-state index contributed by atoms with van der Waals surface area (Å²) < 4.78 is 7.06. The summed E-state index contributed by atoms with van der Waals surface area (Å²) in [4.78, 5) is 0. The third-order valence-corrected chi connectivity index (χ3v) is 4.79. The average molecular weight is 374 g/mol. The van der Waals surface area contributed by atoms with Gasteiger partial charge in [0, 0.05) is 19.1 Å². The van der Waals surface area contributed by atoms with Gasteiger partial charge in [-0.2, -0.15) is 0 Å². The van der Waals surface area contributed by atoms with Gasteiger partial charge in [-0.3, -0.25) is 0 Å². The number of nitrogens with two attached hydrogens (primary N) is 1. The molecule has 0 heterocycles. The maximum atomic E-state index is 6.48. The van der Waals surface area contributed by atoms with Gasteiger partial charge in [-0.1, -0.05) is 90.1 Å². The zero-order valence-corrected chi connectivity index (χ0v) is 15.3. The summed E-state index contributed by atoms with van der Waals surface area (Å²) in [5, 5.41) is 0. The van der Waals surface area contributed by atoms with Crippen molar-refractivity contribution in [2.75, 3.05) is 7.11 Å². The van der Waals surface area contributed by atoms with Gasteiger partial charge in [0.15, 0.2) is 0 Å². The van der Waals surface area contributed by atoms with Gasteiger partial charge in [0.05, 0.1) is 0 Å². The Balaban J connectivity index is 2.57. The molecule has 0 aliphatic heterocycles. The normalized spacial score (nSPS) is 14.3. The van der Waals surface area contributed by atoms with Crippen LogP contribution < -0.4 is 5.73 Å². The first-order valence-corrected chi connectivity index (χ1v) is 8.56. The molecule has 0 radical (unpaired) electrons. The first-order chi connectivity index (χ1) is 11.0. The molecule has 122 valence electrons. The highest BCUT2D eigenvalue weighted by Crippen LogP contribution is 2.42. The lowest BCUT2D eigenvalue weighted by Gasteiger charge is -2.41. The molecular weight excluding hydrogens is 350 g/mol. The molecule has 2 rings (SSSR count). The Kier molecular flexibility index (Phi) is 6.17. The molecule has 0 aromatic heterocycles. The molecule has 0 saturated carbocycles. The highest BCUT2D eigenvalue weighted by Gasteiger charge is 2.42. The molecule has 3 heteroatoms. The third kappa shape index (κ3) is 3.74. The van der Waals surface area contributed by atoms with E-state index < -0.39 is 5.60 Å². The van der Waals surface area contributed by atoms with Crippen LogP contribution in [-0.4, -0.2) is 13.2 Å². The Morgan fingerprint density at radius 1 is 1.09 bits per heavy atom. The second kappa shape index (κ2) is 7.91. The van der Waals surface area contributed by atoms with Gasteiger partial charge >= 0.3 is 0 Å². The first kappa shape index (κ1) is 17.9. The fraction of sp³-hybridized carbons (Fsp3) is 0.300. The zero-order chi connectivity index (χ0) is 16.9. The van der Waals surface area contributed by atoms with Crippen molar-refractivity contribution in [3.63, 3.8) is 0 Å². The number of benzene rings is 2. The Labute approximate surface area is 147 Å². The molecule has 0 bridgehead atoms. The Bertz CT molecular complexity index is 587. The minimum atomic E-state index is -0.593. The van der Waals surface area contributed by atoms with Crippen molar-refractivity contribution in [3.05, 3.63) is 82.9 Å². The zero-order valence-electron chi connectivity index (χ0n) is 13.7. The van der Waals surface area contributed by atoms with Crippen molar-refractivity contribution < 1.29 is 4.74 Å². The van der Waals surface area contributed by atoms with Crippen LogP contribution in [-0.2, 0) is 10.3 Å². The number of rotatable bonds is 7. The van der Waals surface area contributed by atoms with Crippen molar-refractivity contribution in [1.29, 1.82) is 0 Å². The van der Waals surface area contributed by atoms with Crippen LogP contribution in [0.2, 0.25) is 0 Å². The molecule has 2 aromatic rings. The lowest BCUT2D eigenvalue weighted by atomic mass is 9.73. The number of hydrogen-bond donors (Lipinski definition) is 1. The van der Waals surface area contributed by atoms with Crippen molar-refractivity contribution in [2.45, 2.75) is 25.0 Å². The van der Waals surface area contributed by atoms with E-state index in [0.717, 1.165) is 15.6 Å². The second-order valence-electron chi connectivity index (χ2n) is 5.85. The number of hydrogen-bond acceptors (Lipinski definition) is 2. The average Bonchev–Trinajstić information content (AvgIpc) is 2.57. The second-order valence-corrected chi connectivity index (χ2v) is 6.97. The van der Waals surface area contributed by atoms with Crippen LogP contribution in [0.3, 0.4) is 0 Å². The summed E-state index contributed by atoms with van der Waals surface area (Å²) in [6.07, 6.45) is 0.700. The molecule has 0 saturated heterocycles. The van der Waals surface area contributed by atoms with Crippen LogP contribution in [0, 0.1) is 5.92 Å². The van der Waals surface area contributed by atoms with Gasteiger partial charge in [0.2, 0.25) is 0 Å². The van der Waals surface area contributed by atoms with Gasteiger partial charge in [-0.05, 0) is 22.0 Å². The summed E-state index contributed by atoms with van der Waals surface area (Å²) in [6.45, 7) is 6.07. The fourth-order valence-corrected chi connectivity index (χ4v) is 3.59. The monoisotopic (exact) mass is 373 g/mol. The van der Waals surface area contributed by atoms with Crippen LogP contribution in [0.5, 0.6) is 0 Å². The van der Waals surface area contributed by atoms with Crippen molar-refractivity contribution in [3.8, 4) is 0 Å². The molecule has 2 atom stereocenters. The number of halogens is 1. The minimum Gasteiger partial charge on any atom is -0.368 e. The summed E-state index contributed by atoms with van der Waals surface area (Å²) in [7, 11) is 1.76. The molecule has 0 aliphatic carbocycles.